The van der Waals surface area contributed by atoms with Crippen LogP contribution in [0.4, 0.5) is 17.1 Å². The van der Waals surface area contributed by atoms with Crippen LogP contribution in [0.3, 0.4) is 0 Å². The maximum atomic E-state index is 12.6. The van der Waals surface area contributed by atoms with Crippen molar-refractivity contribution >= 4 is 28.6 Å². The normalized spacial score (nSPS) is 28.4. The zero-order valence-electron chi connectivity index (χ0n) is 14.1. The van der Waals surface area contributed by atoms with E-state index in [0.717, 1.165) is 25.0 Å². The highest BCUT2D eigenvalue weighted by Crippen LogP contribution is 2.62. The van der Waals surface area contributed by atoms with Crippen LogP contribution in [0.25, 0.3) is 0 Å². The topological polar surface area (TPSA) is 128 Å². The van der Waals surface area contributed by atoms with E-state index < -0.39 is 20.9 Å². The van der Waals surface area contributed by atoms with Gasteiger partial charge in [-0.1, -0.05) is 20.8 Å². The van der Waals surface area contributed by atoms with Crippen LogP contribution >= 0.6 is 0 Å². The number of ketones is 1. The molecular formula is C16H18N4O5. The first-order valence-electron chi connectivity index (χ1n) is 7.91. The second-order valence-corrected chi connectivity index (χ2v) is 7.30. The van der Waals surface area contributed by atoms with Crippen LogP contribution in [-0.2, 0) is 4.79 Å². The zero-order valence-corrected chi connectivity index (χ0v) is 14.1. The summed E-state index contributed by atoms with van der Waals surface area (Å²) in [6.07, 6.45) is 1.65. The molecule has 0 aliphatic heterocycles. The molecule has 1 aromatic carbocycles. The van der Waals surface area contributed by atoms with E-state index in [1.54, 1.807) is 0 Å². The Kier molecular flexibility index (Phi) is 3.63. The number of nitrogens with zero attached hydrogens (tertiary/aromatic N) is 3. The number of benzene rings is 1. The number of rotatable bonds is 4. The average Bonchev–Trinajstić information content (AvgIpc) is 2.84. The van der Waals surface area contributed by atoms with Crippen LogP contribution in [0.2, 0.25) is 0 Å². The van der Waals surface area contributed by atoms with Crippen molar-refractivity contribution in [1.82, 2.24) is 0 Å². The maximum Gasteiger partial charge on any atom is 0.301 e. The molecule has 2 atom stereocenters. The molecule has 2 aliphatic rings. The van der Waals surface area contributed by atoms with Crippen LogP contribution in [0.15, 0.2) is 23.3 Å². The number of hydrogen-bond donors (Lipinski definition) is 1. The maximum absolute atomic E-state index is 12.6. The van der Waals surface area contributed by atoms with E-state index in [9.17, 15) is 25.0 Å². The lowest BCUT2D eigenvalue weighted by atomic mass is 9.70. The first kappa shape index (κ1) is 17.0. The average molecular weight is 346 g/mol. The number of carbonyl (C=O) groups is 1. The van der Waals surface area contributed by atoms with Crippen molar-refractivity contribution < 1.29 is 14.6 Å². The number of nitro benzene ring substituents is 2. The van der Waals surface area contributed by atoms with Gasteiger partial charge in [-0.15, -0.1) is 0 Å². The van der Waals surface area contributed by atoms with E-state index in [-0.39, 0.29) is 28.5 Å². The molecule has 2 aliphatic carbocycles. The Labute approximate surface area is 143 Å². The number of nitrogens with one attached hydrogen (secondary N) is 1. The predicted octanol–water partition coefficient (Wildman–Crippen LogP) is 3.30. The first-order valence-corrected chi connectivity index (χ1v) is 7.91. The number of Topliss-reactive ketones (excluding diaryl/α,β-unsaturated/α-hetero) is 1. The van der Waals surface area contributed by atoms with Gasteiger partial charge in [-0.25, -0.2) is 0 Å². The first-order chi connectivity index (χ1) is 11.6. The molecular weight excluding hydrogens is 328 g/mol. The molecule has 9 heteroatoms. The quantitative estimate of drug-likeness (QED) is 0.658. The number of carbonyl (C=O) groups excluding carboxylic acids is 1. The summed E-state index contributed by atoms with van der Waals surface area (Å²) in [6.45, 7) is 6.07. The highest BCUT2D eigenvalue weighted by molar-refractivity contribution is 6.45. The van der Waals surface area contributed by atoms with E-state index in [4.69, 9.17) is 0 Å². The van der Waals surface area contributed by atoms with Crippen LogP contribution in [0.5, 0.6) is 0 Å². The van der Waals surface area contributed by atoms with Gasteiger partial charge in [0.15, 0.2) is 5.78 Å². The summed E-state index contributed by atoms with van der Waals surface area (Å²) in [7, 11) is 0. The predicted molar refractivity (Wildman–Crippen MR) is 90.4 cm³/mol. The number of hydrazone groups is 1. The van der Waals surface area contributed by atoms with Crippen LogP contribution in [0, 0.1) is 37.0 Å². The number of fused-ring (bicyclic) bond motifs is 2. The number of non-ortho nitro benzene ring substituents is 1. The Morgan fingerprint density at radius 3 is 2.40 bits per heavy atom. The number of hydrogen-bond acceptors (Lipinski definition) is 7. The Morgan fingerprint density at radius 2 is 1.88 bits per heavy atom. The van der Waals surface area contributed by atoms with Crippen molar-refractivity contribution in [3.8, 4) is 0 Å². The lowest BCUT2D eigenvalue weighted by Gasteiger charge is -2.33. The van der Waals surface area contributed by atoms with Gasteiger partial charge in [-0.3, -0.25) is 30.4 Å². The molecule has 1 N–H and O–H groups in total. The molecule has 2 bridgehead atoms. The van der Waals surface area contributed by atoms with Crippen molar-refractivity contribution in [2.24, 2.45) is 21.8 Å². The third-order valence-electron chi connectivity index (χ3n) is 5.98. The Bertz CT molecular complexity index is 832. The van der Waals surface area contributed by atoms with Crippen molar-refractivity contribution in [3.05, 3.63) is 38.4 Å². The zero-order chi connectivity index (χ0) is 18.6. The minimum Gasteiger partial charge on any atom is -0.292 e. The molecule has 0 saturated heterocycles. The van der Waals surface area contributed by atoms with Crippen LogP contribution < -0.4 is 5.43 Å². The van der Waals surface area contributed by atoms with Gasteiger partial charge < -0.3 is 0 Å². The van der Waals surface area contributed by atoms with E-state index >= 15 is 0 Å². The van der Waals surface area contributed by atoms with E-state index in [0.29, 0.717) is 5.71 Å². The van der Waals surface area contributed by atoms with Gasteiger partial charge in [0.05, 0.1) is 15.9 Å². The lowest BCUT2D eigenvalue weighted by Crippen LogP contribution is -2.34. The summed E-state index contributed by atoms with van der Waals surface area (Å²) in [6, 6.07) is 3.26. The third-order valence-corrected chi connectivity index (χ3v) is 5.98. The molecule has 3 rings (SSSR count). The molecule has 2 unspecified atom stereocenters. The molecule has 132 valence electrons. The van der Waals surface area contributed by atoms with E-state index in [1.807, 2.05) is 20.8 Å². The summed E-state index contributed by atoms with van der Waals surface area (Å²) in [5.41, 5.74) is 1.54. The summed E-state index contributed by atoms with van der Waals surface area (Å²) < 4.78 is 0. The van der Waals surface area contributed by atoms with Crippen molar-refractivity contribution in [1.29, 1.82) is 0 Å². The molecule has 0 aromatic heterocycles. The second-order valence-electron chi connectivity index (χ2n) is 7.30. The van der Waals surface area contributed by atoms with Gasteiger partial charge in [0.1, 0.15) is 11.4 Å². The monoisotopic (exact) mass is 346 g/mol. The van der Waals surface area contributed by atoms with Crippen molar-refractivity contribution in [2.75, 3.05) is 5.43 Å². The Hall–Kier alpha value is -2.84. The third kappa shape index (κ3) is 2.30. The van der Waals surface area contributed by atoms with Crippen LogP contribution in [-0.4, -0.2) is 21.3 Å². The minimum absolute atomic E-state index is 0.0140. The number of nitro groups is 2. The fourth-order valence-corrected chi connectivity index (χ4v) is 3.99. The fourth-order valence-electron chi connectivity index (χ4n) is 3.99. The molecule has 25 heavy (non-hydrogen) atoms. The lowest BCUT2D eigenvalue weighted by molar-refractivity contribution is -0.393. The van der Waals surface area contributed by atoms with Gasteiger partial charge >= 0.3 is 5.69 Å². The largest absolute Gasteiger partial charge is 0.301 e. The Balaban J connectivity index is 1.97. The van der Waals surface area contributed by atoms with Gasteiger partial charge in [0, 0.05) is 17.4 Å². The summed E-state index contributed by atoms with van der Waals surface area (Å²) in [5, 5.41) is 26.2. The highest BCUT2D eigenvalue weighted by atomic mass is 16.6. The van der Waals surface area contributed by atoms with Gasteiger partial charge in [-0.05, 0) is 24.3 Å². The van der Waals surface area contributed by atoms with E-state index in [2.05, 4.69) is 10.5 Å². The molecule has 2 fully saturated rings. The molecule has 2 saturated carbocycles. The minimum atomic E-state index is -0.718. The van der Waals surface area contributed by atoms with Gasteiger partial charge in [0.25, 0.3) is 5.69 Å². The van der Waals surface area contributed by atoms with Crippen LogP contribution in [0.1, 0.15) is 33.6 Å². The molecule has 0 spiro atoms. The summed E-state index contributed by atoms with van der Waals surface area (Å²) >= 11 is 0. The second kappa shape index (κ2) is 5.33. The number of anilines is 1. The van der Waals surface area contributed by atoms with Crippen molar-refractivity contribution in [3.63, 3.8) is 0 Å². The molecule has 0 radical (unpaired) electrons. The molecule has 0 heterocycles. The van der Waals surface area contributed by atoms with Crippen molar-refractivity contribution in [2.45, 2.75) is 33.6 Å². The standard InChI is InChI=1S/C16H18N4O5/c1-15(2)10-6-7-16(15,3)14(13(10)21)18-17-11-5-4-9(19(22)23)8-12(11)20(24)25/h4-5,8,10,17H,6-7H2,1-3H3. The highest BCUT2D eigenvalue weighted by Gasteiger charge is 2.65. The molecule has 9 nitrogen and oxygen atoms in total. The van der Waals surface area contributed by atoms with Gasteiger partial charge in [-0.2, -0.15) is 5.10 Å². The summed E-state index contributed by atoms with van der Waals surface area (Å²) in [5.74, 6) is -0.124. The fraction of sp³-hybridized carbons (Fsp3) is 0.500. The van der Waals surface area contributed by atoms with Gasteiger partial charge in [0.2, 0.25) is 0 Å². The summed E-state index contributed by atoms with van der Waals surface area (Å²) in [4.78, 5) is 33.1. The smallest absolute Gasteiger partial charge is 0.292 e. The molecule has 1 aromatic rings. The van der Waals surface area contributed by atoms with E-state index in [1.165, 1.54) is 6.07 Å². The Morgan fingerprint density at radius 1 is 1.20 bits per heavy atom. The molecule has 0 amide bonds. The SMILES string of the molecule is CC12CCC(C(=O)C1=NNc1ccc([N+](=O)[O-])cc1[N+](=O)[O-])C2(C)C.